The summed E-state index contributed by atoms with van der Waals surface area (Å²) in [6.45, 7) is 5.71. The highest BCUT2D eigenvalue weighted by Crippen LogP contribution is 2.38. The van der Waals surface area contributed by atoms with Crippen LogP contribution in [0.5, 0.6) is 11.5 Å². The van der Waals surface area contributed by atoms with E-state index in [1.54, 1.807) is 6.07 Å². The second kappa shape index (κ2) is 8.74. The number of carbonyl (C=O) groups excluding carboxylic acids is 3. The van der Waals surface area contributed by atoms with Crippen molar-refractivity contribution in [2.24, 2.45) is 0 Å². The fourth-order valence-corrected chi connectivity index (χ4v) is 3.76. The Morgan fingerprint density at radius 1 is 1.15 bits per heavy atom. The average Bonchev–Trinajstić information content (AvgIpc) is 2.68. The van der Waals surface area contributed by atoms with Crippen LogP contribution in [0, 0.1) is 0 Å². The zero-order valence-electron chi connectivity index (χ0n) is 18.6. The average molecular weight is 476 g/mol. The number of amides is 4. The second-order valence-corrected chi connectivity index (χ2v) is 10.2. The van der Waals surface area contributed by atoms with E-state index in [-0.39, 0.29) is 35.9 Å². The molecule has 0 saturated carbocycles. The van der Waals surface area contributed by atoms with Gasteiger partial charge in [0.25, 0.3) is 5.91 Å². The Kier molecular flexibility index (Phi) is 6.37. The lowest BCUT2D eigenvalue weighted by Crippen LogP contribution is -2.49. The zero-order valence-corrected chi connectivity index (χ0v) is 19.4. The van der Waals surface area contributed by atoms with Crippen LogP contribution in [0.4, 0.5) is 16.2 Å². The van der Waals surface area contributed by atoms with Crippen LogP contribution in [-0.4, -0.2) is 44.2 Å². The fourth-order valence-electron chi connectivity index (χ4n) is 3.30. The monoisotopic (exact) mass is 475 g/mol. The first-order chi connectivity index (χ1) is 15.2. The Bertz CT molecular complexity index is 1220. The number of phenolic OH excluding ortho intramolecular Hbond substituents is 1. The maximum Gasteiger partial charge on any atom is 0.328 e. The van der Waals surface area contributed by atoms with E-state index < -0.39 is 27.5 Å². The van der Waals surface area contributed by atoms with Crippen LogP contribution in [0.3, 0.4) is 0 Å². The number of hydrogen-bond acceptors (Lipinski definition) is 7. The summed E-state index contributed by atoms with van der Waals surface area (Å²) in [4.78, 5) is 38.2. The van der Waals surface area contributed by atoms with Gasteiger partial charge in [-0.3, -0.25) is 19.8 Å². The molecule has 1 aliphatic rings. The number of nitrogens with one attached hydrogen (secondary N) is 2. The van der Waals surface area contributed by atoms with E-state index in [1.807, 2.05) is 20.8 Å². The molecule has 0 radical (unpaired) electrons. The van der Waals surface area contributed by atoms with Crippen LogP contribution in [0.2, 0.25) is 0 Å². The first kappa shape index (κ1) is 24.1. The van der Waals surface area contributed by atoms with Crippen LogP contribution < -0.4 is 19.7 Å². The SMILES string of the molecule is CC(C)(C)c1cc(N2CCC(=O)NC2=O)cc(C(=O)Nc2ccc(OS(C)(=O)=O)cc2)c1O. The first-order valence-electron chi connectivity index (χ1n) is 10.0. The number of carbonyl (C=O) groups is 3. The molecule has 0 spiro atoms. The van der Waals surface area contributed by atoms with Gasteiger partial charge in [-0.25, -0.2) is 4.79 Å². The lowest BCUT2D eigenvalue weighted by molar-refractivity contribution is -0.120. The van der Waals surface area contributed by atoms with Crippen molar-refractivity contribution in [3.05, 3.63) is 47.5 Å². The van der Waals surface area contributed by atoms with Crippen LogP contribution in [-0.2, 0) is 20.3 Å². The molecule has 2 aromatic rings. The van der Waals surface area contributed by atoms with Gasteiger partial charge in [-0.1, -0.05) is 20.8 Å². The summed E-state index contributed by atoms with van der Waals surface area (Å²) in [5, 5.41) is 15.7. The molecule has 10 nitrogen and oxygen atoms in total. The summed E-state index contributed by atoms with van der Waals surface area (Å²) in [6, 6.07) is 8.06. The molecule has 4 amide bonds. The summed E-state index contributed by atoms with van der Waals surface area (Å²) in [7, 11) is -3.68. The Hall–Kier alpha value is -3.60. The molecule has 176 valence electrons. The molecule has 0 unspecified atom stereocenters. The van der Waals surface area contributed by atoms with Crippen molar-refractivity contribution >= 4 is 39.3 Å². The van der Waals surface area contributed by atoms with Gasteiger partial charge in [-0.15, -0.1) is 0 Å². The fraction of sp³-hybridized carbons (Fsp3) is 0.318. The van der Waals surface area contributed by atoms with Crippen molar-refractivity contribution in [2.75, 3.05) is 23.0 Å². The molecule has 33 heavy (non-hydrogen) atoms. The van der Waals surface area contributed by atoms with Crippen LogP contribution in [0.1, 0.15) is 43.1 Å². The summed E-state index contributed by atoms with van der Waals surface area (Å²) >= 11 is 0. The number of hydrogen-bond donors (Lipinski definition) is 3. The van der Waals surface area contributed by atoms with Crippen molar-refractivity contribution in [3.63, 3.8) is 0 Å². The van der Waals surface area contributed by atoms with Gasteiger partial charge in [0.1, 0.15) is 11.5 Å². The Balaban J connectivity index is 1.94. The predicted octanol–water partition coefficient (Wildman–Crippen LogP) is 2.73. The highest BCUT2D eigenvalue weighted by Gasteiger charge is 2.29. The van der Waals surface area contributed by atoms with E-state index in [0.717, 1.165) is 6.26 Å². The predicted molar refractivity (Wildman–Crippen MR) is 122 cm³/mol. The molecule has 0 atom stereocenters. The summed E-state index contributed by atoms with van der Waals surface area (Å²) in [5.41, 5.74) is 0.543. The van der Waals surface area contributed by atoms with E-state index in [9.17, 15) is 27.9 Å². The number of phenols is 1. The number of imide groups is 1. The molecule has 0 aliphatic carbocycles. The van der Waals surface area contributed by atoms with Crippen LogP contribution in [0.15, 0.2) is 36.4 Å². The lowest BCUT2D eigenvalue weighted by Gasteiger charge is -2.29. The quantitative estimate of drug-likeness (QED) is 0.564. The highest BCUT2D eigenvalue weighted by molar-refractivity contribution is 7.86. The van der Waals surface area contributed by atoms with E-state index >= 15 is 0 Å². The Morgan fingerprint density at radius 3 is 2.33 bits per heavy atom. The molecule has 1 saturated heterocycles. The van der Waals surface area contributed by atoms with E-state index in [2.05, 4.69) is 10.6 Å². The number of urea groups is 1. The maximum absolute atomic E-state index is 13.0. The Morgan fingerprint density at radius 2 is 1.79 bits per heavy atom. The van der Waals surface area contributed by atoms with Crippen molar-refractivity contribution in [1.29, 1.82) is 0 Å². The summed E-state index contributed by atoms with van der Waals surface area (Å²) in [6.07, 6.45) is 1.03. The third kappa shape index (κ3) is 5.80. The van der Waals surface area contributed by atoms with E-state index in [1.165, 1.54) is 35.2 Å². The van der Waals surface area contributed by atoms with Gasteiger partial charge in [0.05, 0.1) is 11.8 Å². The van der Waals surface area contributed by atoms with Crippen molar-refractivity contribution < 1.29 is 32.1 Å². The minimum absolute atomic E-state index is 0.0569. The molecule has 3 N–H and O–H groups in total. The van der Waals surface area contributed by atoms with E-state index in [4.69, 9.17) is 4.18 Å². The van der Waals surface area contributed by atoms with Gasteiger partial charge in [0.15, 0.2) is 0 Å². The third-order valence-corrected chi connectivity index (χ3v) is 5.37. The van der Waals surface area contributed by atoms with Gasteiger partial charge in [-0.05, 0) is 41.8 Å². The molecule has 1 heterocycles. The van der Waals surface area contributed by atoms with Gasteiger partial charge in [-0.2, -0.15) is 8.42 Å². The molecule has 1 aliphatic heterocycles. The highest BCUT2D eigenvalue weighted by atomic mass is 32.2. The first-order valence-corrected chi connectivity index (χ1v) is 11.9. The largest absolute Gasteiger partial charge is 0.507 e. The van der Waals surface area contributed by atoms with Gasteiger partial charge >= 0.3 is 16.1 Å². The zero-order chi connectivity index (χ0) is 24.6. The molecule has 3 rings (SSSR count). The van der Waals surface area contributed by atoms with Gasteiger partial charge < -0.3 is 14.6 Å². The third-order valence-electron chi connectivity index (χ3n) is 4.87. The standard InChI is InChI=1S/C22H25N3O7S/c1-22(2,3)17-12-14(25-10-9-18(26)24-21(25)29)11-16(19(17)27)20(28)23-13-5-7-15(8-6-13)32-33(4,30)31/h5-8,11-12,27H,9-10H2,1-4H3,(H,23,28)(H,24,26,29). The Labute approximate surface area is 191 Å². The molecule has 11 heteroatoms. The maximum atomic E-state index is 13.0. The number of rotatable bonds is 5. The minimum atomic E-state index is -3.68. The van der Waals surface area contributed by atoms with Crippen molar-refractivity contribution in [2.45, 2.75) is 32.6 Å². The molecule has 0 bridgehead atoms. The lowest BCUT2D eigenvalue weighted by atomic mass is 9.84. The number of benzene rings is 2. The van der Waals surface area contributed by atoms with Gasteiger partial charge in [0.2, 0.25) is 5.91 Å². The van der Waals surface area contributed by atoms with Crippen LogP contribution in [0.25, 0.3) is 0 Å². The molecule has 1 fully saturated rings. The van der Waals surface area contributed by atoms with Crippen LogP contribution >= 0.6 is 0 Å². The van der Waals surface area contributed by atoms with Crippen molar-refractivity contribution in [1.82, 2.24) is 5.32 Å². The topological polar surface area (TPSA) is 142 Å². The molecular weight excluding hydrogens is 450 g/mol. The normalized spacial score (nSPS) is 14.6. The number of anilines is 2. The smallest absolute Gasteiger partial charge is 0.328 e. The number of nitrogens with zero attached hydrogens (tertiary/aromatic N) is 1. The minimum Gasteiger partial charge on any atom is -0.507 e. The van der Waals surface area contributed by atoms with E-state index in [0.29, 0.717) is 16.9 Å². The second-order valence-electron chi connectivity index (χ2n) is 8.66. The van der Waals surface area contributed by atoms with Crippen molar-refractivity contribution in [3.8, 4) is 11.5 Å². The number of aromatic hydroxyl groups is 1. The van der Waals surface area contributed by atoms with Gasteiger partial charge in [0, 0.05) is 29.9 Å². The molecule has 2 aromatic carbocycles. The summed E-state index contributed by atoms with van der Waals surface area (Å²) < 4.78 is 27.2. The molecule has 0 aromatic heterocycles. The molecular formula is C22H25N3O7S. The summed E-state index contributed by atoms with van der Waals surface area (Å²) in [5.74, 6) is -1.16.